The van der Waals surface area contributed by atoms with Gasteiger partial charge in [0.1, 0.15) is 6.07 Å². The van der Waals surface area contributed by atoms with Crippen molar-refractivity contribution in [2.45, 2.75) is 23.7 Å². The Labute approximate surface area is 129 Å². The van der Waals surface area contributed by atoms with Gasteiger partial charge in [-0.3, -0.25) is 5.10 Å². The van der Waals surface area contributed by atoms with Crippen molar-refractivity contribution in [3.63, 3.8) is 0 Å². The molecule has 1 fully saturated rings. The fraction of sp³-hybridized carbons (Fsp3) is 0.333. The quantitative estimate of drug-likeness (QED) is 0.935. The van der Waals surface area contributed by atoms with E-state index in [1.807, 2.05) is 12.1 Å². The van der Waals surface area contributed by atoms with Crippen LogP contribution in [0.3, 0.4) is 0 Å². The topological polar surface area (TPSA) is 89.8 Å². The fourth-order valence-electron chi connectivity index (χ4n) is 2.83. The van der Waals surface area contributed by atoms with Gasteiger partial charge < -0.3 is 0 Å². The van der Waals surface area contributed by atoms with Crippen LogP contribution in [0.5, 0.6) is 0 Å². The molecule has 0 radical (unpaired) electrons. The van der Waals surface area contributed by atoms with Gasteiger partial charge in [-0.2, -0.15) is 14.7 Å². The summed E-state index contributed by atoms with van der Waals surface area (Å²) in [6, 6.07) is 10.2. The van der Waals surface area contributed by atoms with E-state index < -0.39 is 10.0 Å². The number of nitrogens with one attached hydrogen (secondary N) is 1. The molecule has 6 nitrogen and oxygen atoms in total. The number of H-pyrrole nitrogens is 1. The number of nitrogens with zero attached hydrogens (tertiary/aromatic N) is 3. The summed E-state index contributed by atoms with van der Waals surface area (Å²) in [4.78, 5) is 0.0859. The molecule has 2 heterocycles. The van der Waals surface area contributed by atoms with Crippen LogP contribution in [0.15, 0.2) is 41.4 Å². The molecule has 7 heteroatoms. The zero-order valence-corrected chi connectivity index (χ0v) is 12.8. The fourth-order valence-corrected chi connectivity index (χ4v) is 4.50. The first kappa shape index (κ1) is 14.8. The van der Waals surface area contributed by atoms with Crippen molar-refractivity contribution in [3.05, 3.63) is 47.8 Å². The lowest BCUT2D eigenvalue weighted by Gasteiger charge is -2.31. The maximum atomic E-state index is 12.8. The Balaban J connectivity index is 1.91. The summed E-state index contributed by atoms with van der Waals surface area (Å²) < 4.78 is 27.1. The lowest BCUT2D eigenvalue weighted by molar-refractivity contribution is 0.312. The molecule has 22 heavy (non-hydrogen) atoms. The number of aromatic amines is 1. The zero-order valence-electron chi connectivity index (χ0n) is 11.9. The van der Waals surface area contributed by atoms with Crippen molar-refractivity contribution in [1.29, 1.82) is 5.26 Å². The minimum Gasteiger partial charge on any atom is -0.282 e. The summed E-state index contributed by atoms with van der Waals surface area (Å²) in [7, 11) is -3.65. The molecule has 0 bridgehead atoms. The number of benzene rings is 1. The van der Waals surface area contributed by atoms with Crippen molar-refractivity contribution in [1.82, 2.24) is 14.5 Å². The van der Waals surface area contributed by atoms with Gasteiger partial charge in [0.05, 0.1) is 10.5 Å². The first-order chi connectivity index (χ1) is 10.6. The number of hydrogen-bond donors (Lipinski definition) is 1. The number of aromatic nitrogens is 2. The standard InChI is InChI=1S/C15H16N4O2S/c16-10-12-4-1-2-6-15(12)22(20,21)19-9-3-5-13(11-19)14-7-8-17-18-14/h1-2,4,6-8,13H,3,5,9,11H2,(H,17,18). The number of rotatable bonds is 3. The van der Waals surface area contributed by atoms with E-state index >= 15 is 0 Å². The predicted molar refractivity (Wildman–Crippen MR) is 80.5 cm³/mol. The maximum absolute atomic E-state index is 12.8. The van der Waals surface area contributed by atoms with E-state index in [1.54, 1.807) is 18.3 Å². The second-order valence-corrected chi connectivity index (χ2v) is 7.23. The second kappa shape index (κ2) is 5.91. The lowest BCUT2D eigenvalue weighted by Crippen LogP contribution is -2.39. The first-order valence-corrected chi connectivity index (χ1v) is 8.55. The third kappa shape index (κ3) is 2.63. The molecule has 1 aromatic heterocycles. The van der Waals surface area contributed by atoms with E-state index in [0.717, 1.165) is 18.5 Å². The molecule has 1 aliphatic rings. The SMILES string of the molecule is N#Cc1ccccc1S(=O)(=O)N1CCCC(c2ccn[nH]2)C1. The Hall–Kier alpha value is -2.17. The highest BCUT2D eigenvalue weighted by molar-refractivity contribution is 7.89. The van der Waals surface area contributed by atoms with Crippen LogP contribution >= 0.6 is 0 Å². The number of piperidine rings is 1. The van der Waals surface area contributed by atoms with Gasteiger partial charge in [0, 0.05) is 30.9 Å². The molecule has 0 spiro atoms. The summed E-state index contributed by atoms with van der Waals surface area (Å²) >= 11 is 0. The third-order valence-corrected chi connectivity index (χ3v) is 5.89. The van der Waals surface area contributed by atoms with Crippen LogP contribution in [-0.4, -0.2) is 36.0 Å². The van der Waals surface area contributed by atoms with Crippen LogP contribution < -0.4 is 0 Å². The van der Waals surface area contributed by atoms with E-state index in [-0.39, 0.29) is 16.4 Å². The molecule has 1 unspecified atom stereocenters. The number of sulfonamides is 1. The molecule has 1 N–H and O–H groups in total. The van der Waals surface area contributed by atoms with Gasteiger partial charge in [0.25, 0.3) is 0 Å². The average molecular weight is 316 g/mol. The number of nitriles is 1. The Morgan fingerprint density at radius 2 is 2.14 bits per heavy atom. The van der Waals surface area contributed by atoms with Crippen molar-refractivity contribution >= 4 is 10.0 Å². The molecule has 3 rings (SSSR count). The Morgan fingerprint density at radius 3 is 2.86 bits per heavy atom. The summed E-state index contributed by atoms with van der Waals surface area (Å²) in [5, 5.41) is 16.0. The van der Waals surface area contributed by atoms with Crippen LogP contribution in [0.25, 0.3) is 0 Å². The van der Waals surface area contributed by atoms with Crippen LogP contribution in [0, 0.1) is 11.3 Å². The monoisotopic (exact) mass is 316 g/mol. The molecule has 0 saturated carbocycles. The van der Waals surface area contributed by atoms with Gasteiger partial charge in [0.15, 0.2) is 0 Å². The largest absolute Gasteiger partial charge is 0.282 e. The molecule has 0 amide bonds. The van der Waals surface area contributed by atoms with Gasteiger partial charge in [-0.25, -0.2) is 8.42 Å². The predicted octanol–water partition coefficient (Wildman–Crippen LogP) is 1.85. The second-order valence-electron chi connectivity index (χ2n) is 5.32. The summed E-state index contributed by atoms with van der Waals surface area (Å²) in [6.07, 6.45) is 3.39. The van der Waals surface area contributed by atoms with E-state index in [1.165, 1.54) is 16.4 Å². The lowest BCUT2D eigenvalue weighted by atomic mass is 9.96. The summed E-state index contributed by atoms with van der Waals surface area (Å²) in [5.74, 6) is 0.111. The minimum atomic E-state index is -3.65. The molecular formula is C15H16N4O2S. The van der Waals surface area contributed by atoms with Crippen molar-refractivity contribution in [2.24, 2.45) is 0 Å². The van der Waals surface area contributed by atoms with Crippen LogP contribution in [-0.2, 0) is 10.0 Å². The van der Waals surface area contributed by atoms with Gasteiger partial charge in [-0.15, -0.1) is 0 Å². The molecular weight excluding hydrogens is 300 g/mol. The summed E-state index contributed by atoms with van der Waals surface area (Å²) in [5.41, 5.74) is 1.14. The highest BCUT2D eigenvalue weighted by Crippen LogP contribution is 2.30. The van der Waals surface area contributed by atoms with E-state index in [4.69, 9.17) is 5.26 Å². The van der Waals surface area contributed by atoms with Crippen LogP contribution in [0.2, 0.25) is 0 Å². The molecule has 1 aromatic carbocycles. The Bertz CT molecular complexity index is 793. The maximum Gasteiger partial charge on any atom is 0.244 e. The molecule has 2 aromatic rings. The van der Waals surface area contributed by atoms with Crippen LogP contribution in [0.4, 0.5) is 0 Å². The normalized spacial score (nSPS) is 19.7. The summed E-state index contributed by atoms with van der Waals surface area (Å²) in [6.45, 7) is 0.886. The van der Waals surface area contributed by atoms with Gasteiger partial charge >= 0.3 is 0 Å². The van der Waals surface area contributed by atoms with Crippen molar-refractivity contribution < 1.29 is 8.42 Å². The third-order valence-electron chi connectivity index (χ3n) is 3.97. The van der Waals surface area contributed by atoms with E-state index in [0.29, 0.717) is 13.1 Å². The number of hydrogen-bond acceptors (Lipinski definition) is 4. The van der Waals surface area contributed by atoms with Gasteiger partial charge in [0.2, 0.25) is 10.0 Å². The molecule has 114 valence electrons. The van der Waals surface area contributed by atoms with E-state index in [2.05, 4.69) is 10.2 Å². The van der Waals surface area contributed by atoms with Gasteiger partial charge in [-0.1, -0.05) is 12.1 Å². The van der Waals surface area contributed by atoms with Crippen LogP contribution in [0.1, 0.15) is 30.0 Å². The molecule has 0 aliphatic carbocycles. The van der Waals surface area contributed by atoms with E-state index in [9.17, 15) is 8.42 Å². The van der Waals surface area contributed by atoms with Gasteiger partial charge in [-0.05, 0) is 31.0 Å². The molecule has 1 saturated heterocycles. The molecule has 1 atom stereocenters. The van der Waals surface area contributed by atoms with Crippen molar-refractivity contribution in [2.75, 3.05) is 13.1 Å². The van der Waals surface area contributed by atoms with Crippen molar-refractivity contribution in [3.8, 4) is 6.07 Å². The Morgan fingerprint density at radius 1 is 1.32 bits per heavy atom. The molecule has 1 aliphatic heterocycles. The Kier molecular flexibility index (Phi) is 3.96. The minimum absolute atomic E-state index is 0.0859. The smallest absolute Gasteiger partial charge is 0.244 e. The zero-order chi connectivity index (χ0) is 15.6. The average Bonchev–Trinajstić information content (AvgIpc) is 3.09. The first-order valence-electron chi connectivity index (χ1n) is 7.11. The highest BCUT2D eigenvalue weighted by atomic mass is 32.2. The highest BCUT2D eigenvalue weighted by Gasteiger charge is 2.32.